The lowest BCUT2D eigenvalue weighted by Crippen LogP contribution is -2.29. The van der Waals surface area contributed by atoms with Crippen molar-refractivity contribution in [3.63, 3.8) is 0 Å². The van der Waals surface area contributed by atoms with Crippen molar-refractivity contribution in [2.45, 2.75) is 52.7 Å². The minimum atomic E-state index is -0.0242. The van der Waals surface area contributed by atoms with Crippen LogP contribution in [0.1, 0.15) is 44.4 Å². The van der Waals surface area contributed by atoms with E-state index in [1.165, 1.54) is 6.42 Å². The van der Waals surface area contributed by atoms with Crippen molar-refractivity contribution < 1.29 is 9.84 Å². The summed E-state index contributed by atoms with van der Waals surface area (Å²) in [6.07, 6.45) is 5.31. The van der Waals surface area contributed by atoms with Gasteiger partial charge in [0.2, 0.25) is 0 Å². The number of nitrogens with zero attached hydrogens (tertiary/aromatic N) is 2. The molecule has 100 valence electrons. The Bertz CT molecular complexity index is 399. The van der Waals surface area contributed by atoms with Crippen LogP contribution in [-0.2, 0) is 6.61 Å². The van der Waals surface area contributed by atoms with Crippen LogP contribution >= 0.6 is 0 Å². The fourth-order valence-electron chi connectivity index (χ4n) is 2.80. The van der Waals surface area contributed by atoms with Gasteiger partial charge in [-0.2, -0.15) is 0 Å². The van der Waals surface area contributed by atoms with Gasteiger partial charge in [-0.25, -0.2) is 9.97 Å². The van der Waals surface area contributed by atoms with Gasteiger partial charge in [0, 0.05) is 11.8 Å². The Hall–Kier alpha value is -1.16. The Kier molecular flexibility index (Phi) is 4.17. The number of ether oxygens (including phenoxy) is 1. The van der Waals surface area contributed by atoms with E-state index in [1.54, 1.807) is 6.20 Å². The molecule has 0 radical (unpaired) electrons. The summed E-state index contributed by atoms with van der Waals surface area (Å²) in [7, 11) is 0. The van der Waals surface area contributed by atoms with Crippen LogP contribution in [0.5, 0.6) is 6.01 Å². The summed E-state index contributed by atoms with van der Waals surface area (Å²) >= 11 is 0. The summed E-state index contributed by atoms with van der Waals surface area (Å²) in [6, 6.07) is 0.441. The molecule has 1 aromatic rings. The van der Waals surface area contributed by atoms with E-state index in [2.05, 4.69) is 23.8 Å². The molecule has 2 rings (SSSR count). The van der Waals surface area contributed by atoms with E-state index in [0.29, 0.717) is 17.8 Å². The molecule has 4 heteroatoms. The van der Waals surface area contributed by atoms with Gasteiger partial charge in [0.25, 0.3) is 0 Å². The van der Waals surface area contributed by atoms with E-state index in [1.807, 2.05) is 6.92 Å². The molecular formula is C14H22N2O2. The van der Waals surface area contributed by atoms with Gasteiger partial charge in [-0.3, -0.25) is 0 Å². The number of hydrogen-bond acceptors (Lipinski definition) is 4. The van der Waals surface area contributed by atoms with E-state index in [9.17, 15) is 0 Å². The molecule has 1 fully saturated rings. The highest BCUT2D eigenvalue weighted by Gasteiger charge is 2.25. The van der Waals surface area contributed by atoms with Crippen molar-refractivity contribution in [1.82, 2.24) is 9.97 Å². The van der Waals surface area contributed by atoms with Gasteiger partial charge in [0.05, 0.1) is 12.3 Å². The molecule has 1 aliphatic carbocycles. The van der Waals surface area contributed by atoms with Gasteiger partial charge in [-0.1, -0.05) is 13.8 Å². The number of hydrogen-bond donors (Lipinski definition) is 1. The lowest BCUT2D eigenvalue weighted by molar-refractivity contribution is 0.0916. The van der Waals surface area contributed by atoms with Crippen LogP contribution in [0, 0.1) is 18.8 Å². The van der Waals surface area contributed by atoms with Crippen LogP contribution < -0.4 is 4.74 Å². The van der Waals surface area contributed by atoms with Gasteiger partial charge >= 0.3 is 6.01 Å². The van der Waals surface area contributed by atoms with Gasteiger partial charge < -0.3 is 9.84 Å². The van der Waals surface area contributed by atoms with E-state index < -0.39 is 0 Å². The average molecular weight is 250 g/mol. The van der Waals surface area contributed by atoms with E-state index in [-0.39, 0.29) is 12.7 Å². The fraction of sp³-hybridized carbons (Fsp3) is 0.714. The SMILES string of the molecule is Cc1nc(OC2CC(C)CC(C)C2)ncc1CO. The molecule has 0 aromatic carbocycles. The Morgan fingerprint density at radius 2 is 1.94 bits per heavy atom. The molecule has 0 amide bonds. The number of aryl methyl sites for hydroxylation is 1. The van der Waals surface area contributed by atoms with Crippen molar-refractivity contribution in [3.8, 4) is 6.01 Å². The summed E-state index contributed by atoms with van der Waals surface area (Å²) in [5.74, 6) is 1.41. The molecule has 2 atom stereocenters. The summed E-state index contributed by atoms with van der Waals surface area (Å²) < 4.78 is 5.87. The maximum Gasteiger partial charge on any atom is 0.316 e. The molecule has 1 N–H and O–H groups in total. The lowest BCUT2D eigenvalue weighted by atomic mass is 9.82. The van der Waals surface area contributed by atoms with Gasteiger partial charge in [-0.15, -0.1) is 0 Å². The Morgan fingerprint density at radius 1 is 1.28 bits per heavy atom. The quantitative estimate of drug-likeness (QED) is 0.895. The first-order valence-electron chi connectivity index (χ1n) is 6.68. The molecule has 0 aliphatic heterocycles. The zero-order valence-electron chi connectivity index (χ0n) is 11.4. The lowest BCUT2D eigenvalue weighted by Gasteiger charge is -2.31. The van der Waals surface area contributed by atoms with Gasteiger partial charge in [0.1, 0.15) is 6.10 Å². The van der Waals surface area contributed by atoms with Crippen molar-refractivity contribution in [1.29, 1.82) is 0 Å². The molecule has 2 unspecified atom stereocenters. The van der Waals surface area contributed by atoms with Crippen molar-refractivity contribution in [2.24, 2.45) is 11.8 Å². The highest BCUT2D eigenvalue weighted by molar-refractivity contribution is 5.16. The number of aliphatic hydroxyl groups excluding tert-OH is 1. The zero-order valence-corrected chi connectivity index (χ0v) is 11.4. The maximum atomic E-state index is 9.08. The van der Waals surface area contributed by atoms with Crippen LogP contribution in [-0.4, -0.2) is 21.2 Å². The summed E-state index contributed by atoms with van der Waals surface area (Å²) in [6.45, 7) is 6.38. The molecule has 0 bridgehead atoms. The molecule has 1 aliphatic rings. The first-order chi connectivity index (χ1) is 8.58. The number of aromatic nitrogens is 2. The molecule has 4 nitrogen and oxygen atoms in total. The molecule has 0 spiro atoms. The van der Waals surface area contributed by atoms with Crippen LogP contribution in [0.4, 0.5) is 0 Å². The Labute approximate surface area is 108 Å². The van der Waals surface area contributed by atoms with Crippen molar-refractivity contribution in [2.75, 3.05) is 0 Å². The predicted octanol–water partition coefficient (Wildman–Crippen LogP) is 2.48. The Morgan fingerprint density at radius 3 is 2.50 bits per heavy atom. The fourth-order valence-corrected chi connectivity index (χ4v) is 2.80. The Balaban J connectivity index is 2.02. The van der Waals surface area contributed by atoms with Crippen molar-refractivity contribution in [3.05, 3.63) is 17.5 Å². The third-order valence-electron chi connectivity index (χ3n) is 3.64. The van der Waals surface area contributed by atoms with Crippen LogP contribution in [0.15, 0.2) is 6.20 Å². The molecule has 1 heterocycles. The second kappa shape index (κ2) is 5.65. The topological polar surface area (TPSA) is 55.2 Å². The monoisotopic (exact) mass is 250 g/mol. The van der Waals surface area contributed by atoms with Crippen LogP contribution in [0.2, 0.25) is 0 Å². The maximum absolute atomic E-state index is 9.08. The summed E-state index contributed by atoms with van der Waals surface area (Å²) in [4.78, 5) is 8.46. The second-order valence-electron chi connectivity index (χ2n) is 5.58. The normalized spacial score (nSPS) is 28.1. The molecular weight excluding hydrogens is 228 g/mol. The molecule has 1 aromatic heterocycles. The first kappa shape index (κ1) is 13.3. The zero-order chi connectivity index (χ0) is 13.1. The third kappa shape index (κ3) is 3.19. The van der Waals surface area contributed by atoms with E-state index in [0.717, 1.165) is 24.1 Å². The van der Waals surface area contributed by atoms with Crippen LogP contribution in [0.25, 0.3) is 0 Å². The standard InChI is InChI=1S/C14H22N2O2/c1-9-4-10(2)6-13(5-9)18-14-15-7-12(8-17)11(3)16-14/h7,9-10,13,17H,4-6,8H2,1-3H3. The van der Waals surface area contributed by atoms with Gasteiger partial charge in [0.15, 0.2) is 0 Å². The minimum absolute atomic E-state index is 0.0242. The summed E-state index contributed by atoms with van der Waals surface area (Å²) in [5, 5.41) is 9.08. The predicted molar refractivity (Wildman–Crippen MR) is 69.3 cm³/mol. The molecule has 1 saturated carbocycles. The minimum Gasteiger partial charge on any atom is -0.460 e. The van der Waals surface area contributed by atoms with Crippen molar-refractivity contribution >= 4 is 0 Å². The smallest absolute Gasteiger partial charge is 0.316 e. The second-order valence-corrected chi connectivity index (χ2v) is 5.58. The van der Waals surface area contributed by atoms with E-state index >= 15 is 0 Å². The van der Waals surface area contributed by atoms with E-state index in [4.69, 9.17) is 9.84 Å². The average Bonchev–Trinajstić information content (AvgIpc) is 2.27. The molecule has 0 saturated heterocycles. The largest absolute Gasteiger partial charge is 0.460 e. The highest BCUT2D eigenvalue weighted by atomic mass is 16.5. The van der Waals surface area contributed by atoms with Gasteiger partial charge in [-0.05, 0) is 38.0 Å². The first-order valence-corrected chi connectivity index (χ1v) is 6.68. The third-order valence-corrected chi connectivity index (χ3v) is 3.64. The number of aliphatic hydroxyl groups is 1. The number of rotatable bonds is 3. The van der Waals surface area contributed by atoms with Crippen LogP contribution in [0.3, 0.4) is 0 Å². The highest BCUT2D eigenvalue weighted by Crippen LogP contribution is 2.30. The summed E-state index contributed by atoms with van der Waals surface area (Å²) in [5.41, 5.74) is 1.55. The molecule has 18 heavy (non-hydrogen) atoms.